The minimum atomic E-state index is 0.882. The first-order chi connectivity index (χ1) is 29.3. The number of fused-ring (bicyclic) bond motifs is 9. The van der Waals surface area contributed by atoms with Crippen LogP contribution in [-0.4, -0.2) is 0 Å². The SMILES string of the molecule is c1ccc(-c2ccc(-c3c(N(c4ccc5c(c4)sc4ccccc45)c4ccccc4-c4ccc5c(c4)oc4ccccc45)c4ccccc4c4ccccc34)cc2)cc1. The van der Waals surface area contributed by atoms with Gasteiger partial charge in [0.2, 0.25) is 0 Å². The lowest BCUT2D eigenvalue weighted by molar-refractivity contribution is 0.669. The molecule has 0 bridgehead atoms. The van der Waals surface area contributed by atoms with Crippen LogP contribution in [0.25, 0.3) is 97.0 Å². The van der Waals surface area contributed by atoms with Crippen molar-refractivity contribution in [1.82, 2.24) is 0 Å². The van der Waals surface area contributed by atoms with Gasteiger partial charge in [-0.25, -0.2) is 0 Å². The Morgan fingerprint density at radius 3 is 1.73 bits per heavy atom. The van der Waals surface area contributed by atoms with Gasteiger partial charge in [-0.15, -0.1) is 11.3 Å². The summed E-state index contributed by atoms with van der Waals surface area (Å²) < 4.78 is 9.02. The summed E-state index contributed by atoms with van der Waals surface area (Å²) >= 11 is 1.85. The lowest BCUT2D eigenvalue weighted by atomic mass is 9.89. The van der Waals surface area contributed by atoms with Crippen molar-refractivity contribution < 1.29 is 4.42 Å². The molecule has 0 fully saturated rings. The monoisotopic (exact) mass is 769 g/mol. The fraction of sp³-hybridized carbons (Fsp3) is 0. The molecule has 59 heavy (non-hydrogen) atoms. The van der Waals surface area contributed by atoms with Gasteiger partial charge in [0.1, 0.15) is 11.2 Å². The molecule has 0 aliphatic rings. The number of nitrogens with zero attached hydrogens (tertiary/aromatic N) is 1. The Kier molecular flexibility index (Phi) is 7.75. The third kappa shape index (κ3) is 5.47. The van der Waals surface area contributed by atoms with Gasteiger partial charge >= 0.3 is 0 Å². The Morgan fingerprint density at radius 2 is 0.898 bits per heavy atom. The number of rotatable bonds is 6. The Balaban J connectivity index is 1.18. The predicted octanol–water partition coefficient (Wildman–Crippen LogP) is 16.7. The summed E-state index contributed by atoms with van der Waals surface area (Å²) in [6.07, 6.45) is 0. The number of hydrogen-bond acceptors (Lipinski definition) is 3. The van der Waals surface area contributed by atoms with Crippen molar-refractivity contribution in [2.75, 3.05) is 4.90 Å². The van der Waals surface area contributed by atoms with Crippen molar-refractivity contribution in [3.8, 4) is 33.4 Å². The second kappa shape index (κ2) is 13.6. The second-order valence-corrected chi connectivity index (χ2v) is 16.3. The molecule has 0 saturated heterocycles. The van der Waals surface area contributed by atoms with Crippen LogP contribution < -0.4 is 4.90 Å². The van der Waals surface area contributed by atoms with Gasteiger partial charge < -0.3 is 9.32 Å². The summed E-state index contributed by atoms with van der Waals surface area (Å²) in [5, 5.41) is 9.67. The van der Waals surface area contributed by atoms with E-state index < -0.39 is 0 Å². The average Bonchev–Trinajstić information content (AvgIpc) is 3.87. The van der Waals surface area contributed by atoms with Crippen LogP contribution in [0.4, 0.5) is 17.1 Å². The first-order valence-electron chi connectivity index (χ1n) is 20.1. The van der Waals surface area contributed by atoms with Crippen LogP contribution in [0.1, 0.15) is 0 Å². The molecule has 0 aliphatic heterocycles. The lowest BCUT2D eigenvalue weighted by Crippen LogP contribution is -2.13. The Labute approximate surface area is 345 Å². The molecule has 276 valence electrons. The molecule has 0 spiro atoms. The molecular formula is C56H35NOS. The second-order valence-electron chi connectivity index (χ2n) is 15.2. The molecule has 2 heterocycles. The first kappa shape index (κ1) is 33.7. The molecular weight excluding hydrogens is 735 g/mol. The van der Waals surface area contributed by atoms with Crippen molar-refractivity contribution >= 4 is 92.1 Å². The summed E-state index contributed by atoms with van der Waals surface area (Å²) in [7, 11) is 0. The maximum Gasteiger partial charge on any atom is 0.136 e. The third-order valence-corrected chi connectivity index (χ3v) is 13.0. The van der Waals surface area contributed by atoms with E-state index in [9.17, 15) is 0 Å². The Hall–Kier alpha value is -7.46. The molecule has 0 saturated carbocycles. The number of hydrogen-bond donors (Lipinski definition) is 0. The van der Waals surface area contributed by atoms with Crippen molar-refractivity contribution in [1.29, 1.82) is 0 Å². The summed E-state index contributed by atoms with van der Waals surface area (Å²) in [5.74, 6) is 0. The highest BCUT2D eigenvalue weighted by molar-refractivity contribution is 7.25. The molecule has 0 radical (unpaired) electrons. The highest BCUT2D eigenvalue weighted by Gasteiger charge is 2.26. The van der Waals surface area contributed by atoms with Gasteiger partial charge in [0.25, 0.3) is 0 Å². The van der Waals surface area contributed by atoms with E-state index in [-0.39, 0.29) is 0 Å². The zero-order valence-corrected chi connectivity index (χ0v) is 32.8. The largest absolute Gasteiger partial charge is 0.456 e. The minimum absolute atomic E-state index is 0.882. The maximum absolute atomic E-state index is 6.47. The van der Waals surface area contributed by atoms with E-state index in [2.05, 4.69) is 205 Å². The van der Waals surface area contributed by atoms with Gasteiger partial charge in [0, 0.05) is 53.1 Å². The van der Waals surface area contributed by atoms with Gasteiger partial charge in [-0.3, -0.25) is 0 Å². The van der Waals surface area contributed by atoms with Crippen LogP contribution >= 0.6 is 11.3 Å². The lowest BCUT2D eigenvalue weighted by Gasteiger charge is -2.32. The molecule has 0 N–H and O–H groups in total. The van der Waals surface area contributed by atoms with Gasteiger partial charge in [0.15, 0.2) is 0 Å². The molecule has 0 aliphatic carbocycles. The molecule has 12 aromatic rings. The van der Waals surface area contributed by atoms with Crippen molar-refractivity contribution in [2.45, 2.75) is 0 Å². The molecule has 2 nitrogen and oxygen atoms in total. The van der Waals surface area contributed by atoms with Crippen molar-refractivity contribution in [3.05, 3.63) is 212 Å². The zero-order chi connectivity index (χ0) is 38.9. The van der Waals surface area contributed by atoms with E-state index in [0.717, 1.165) is 55.7 Å². The van der Waals surface area contributed by atoms with Crippen LogP contribution in [-0.2, 0) is 0 Å². The van der Waals surface area contributed by atoms with E-state index in [1.165, 1.54) is 58.4 Å². The van der Waals surface area contributed by atoms with Crippen LogP contribution in [0.3, 0.4) is 0 Å². The van der Waals surface area contributed by atoms with E-state index in [1.54, 1.807) is 0 Å². The molecule has 12 rings (SSSR count). The fourth-order valence-corrected chi connectivity index (χ4v) is 10.3. The van der Waals surface area contributed by atoms with Crippen LogP contribution in [0.2, 0.25) is 0 Å². The number of furan rings is 1. The van der Waals surface area contributed by atoms with Gasteiger partial charge in [0.05, 0.1) is 11.4 Å². The summed E-state index contributed by atoms with van der Waals surface area (Å²) in [6.45, 7) is 0. The Bertz CT molecular complexity index is 3560. The number of benzene rings is 10. The van der Waals surface area contributed by atoms with Gasteiger partial charge in [-0.1, -0.05) is 170 Å². The van der Waals surface area contributed by atoms with E-state index in [0.29, 0.717) is 0 Å². The number of thiophene rings is 1. The minimum Gasteiger partial charge on any atom is -0.456 e. The van der Waals surface area contributed by atoms with E-state index >= 15 is 0 Å². The van der Waals surface area contributed by atoms with Crippen LogP contribution in [0, 0.1) is 0 Å². The first-order valence-corrected chi connectivity index (χ1v) is 20.9. The molecule has 2 aromatic heterocycles. The standard InChI is InChI=1S/C56H35NOS/c1-2-14-36(15-3-1)37-26-28-38(29-27-37)55-48-21-6-4-17-42(48)43-18-5-7-22-49(43)56(55)57(40-31-33-47-46-20-10-13-25-53(46)59-54(47)35-40)50-23-11-8-16-41(50)39-30-32-45-44-19-9-12-24-51(44)58-52(45)34-39/h1-35H. The summed E-state index contributed by atoms with van der Waals surface area (Å²) in [5.41, 5.74) is 12.1. The highest BCUT2D eigenvalue weighted by Crippen LogP contribution is 2.52. The van der Waals surface area contributed by atoms with Crippen molar-refractivity contribution in [2.24, 2.45) is 0 Å². The molecule has 0 amide bonds. The topological polar surface area (TPSA) is 16.4 Å². The number of anilines is 3. The van der Waals surface area contributed by atoms with Gasteiger partial charge in [-0.2, -0.15) is 0 Å². The third-order valence-electron chi connectivity index (χ3n) is 11.9. The van der Waals surface area contributed by atoms with Crippen LogP contribution in [0.5, 0.6) is 0 Å². The number of para-hydroxylation sites is 2. The van der Waals surface area contributed by atoms with Gasteiger partial charge in [-0.05, 0) is 80.9 Å². The van der Waals surface area contributed by atoms with E-state index in [4.69, 9.17) is 4.42 Å². The highest BCUT2D eigenvalue weighted by atomic mass is 32.1. The normalized spacial score (nSPS) is 11.7. The Morgan fingerprint density at radius 1 is 0.339 bits per heavy atom. The predicted molar refractivity (Wildman–Crippen MR) is 253 cm³/mol. The zero-order valence-electron chi connectivity index (χ0n) is 32.0. The molecule has 3 heteroatoms. The van der Waals surface area contributed by atoms with Crippen molar-refractivity contribution in [3.63, 3.8) is 0 Å². The quantitative estimate of drug-likeness (QED) is 0.157. The molecule has 0 unspecified atom stereocenters. The smallest absolute Gasteiger partial charge is 0.136 e. The maximum atomic E-state index is 6.47. The summed E-state index contributed by atoms with van der Waals surface area (Å²) in [6, 6.07) is 77.2. The average molecular weight is 770 g/mol. The fourth-order valence-electron chi connectivity index (χ4n) is 9.16. The van der Waals surface area contributed by atoms with E-state index in [1.807, 2.05) is 23.5 Å². The summed E-state index contributed by atoms with van der Waals surface area (Å²) in [4.78, 5) is 2.53. The van der Waals surface area contributed by atoms with Crippen LogP contribution in [0.15, 0.2) is 217 Å². The molecule has 0 atom stereocenters. The molecule has 10 aromatic carbocycles.